The van der Waals surface area contributed by atoms with E-state index in [0.717, 1.165) is 17.0 Å². The third-order valence-electron chi connectivity index (χ3n) is 2.92. The predicted octanol–water partition coefficient (Wildman–Crippen LogP) is 2.25. The molecule has 0 spiro atoms. The summed E-state index contributed by atoms with van der Waals surface area (Å²) in [4.78, 5) is 3.96. The van der Waals surface area contributed by atoms with Crippen molar-refractivity contribution in [3.8, 4) is 0 Å². The van der Waals surface area contributed by atoms with Gasteiger partial charge in [-0.05, 0) is 19.1 Å². The maximum Gasteiger partial charge on any atom is 0.135 e. The van der Waals surface area contributed by atoms with Crippen LogP contribution in [0.3, 0.4) is 0 Å². The molecule has 0 radical (unpaired) electrons. The van der Waals surface area contributed by atoms with Crippen molar-refractivity contribution in [2.45, 2.75) is 19.6 Å². The quantitative estimate of drug-likeness (QED) is 0.831. The Balaban J connectivity index is 1.91. The molecule has 2 rings (SSSR count). The van der Waals surface area contributed by atoms with Crippen LogP contribution < -0.4 is 5.32 Å². The van der Waals surface area contributed by atoms with E-state index < -0.39 is 6.10 Å². The van der Waals surface area contributed by atoms with Crippen LogP contribution >= 0.6 is 23.2 Å². The van der Waals surface area contributed by atoms with Crippen molar-refractivity contribution in [2.24, 2.45) is 7.05 Å². The van der Waals surface area contributed by atoms with Crippen LogP contribution in [0.15, 0.2) is 18.2 Å². The molecule has 0 aliphatic carbocycles. The normalized spacial score (nSPS) is 12.7. The van der Waals surface area contributed by atoms with Crippen molar-refractivity contribution in [3.05, 3.63) is 45.5 Å². The summed E-state index contributed by atoms with van der Waals surface area (Å²) in [6.07, 6.45) is -0.625. The molecule has 2 N–H and O–H groups in total. The lowest BCUT2D eigenvalue weighted by Crippen LogP contribution is -2.22. The van der Waals surface area contributed by atoms with Gasteiger partial charge in [0, 0.05) is 25.7 Å². The third-order valence-corrected chi connectivity index (χ3v) is 3.46. The predicted molar refractivity (Wildman–Crippen MR) is 78.9 cm³/mol. The molecule has 2 heterocycles. The molecule has 0 saturated carbocycles. The minimum absolute atomic E-state index is 0.365. The van der Waals surface area contributed by atoms with E-state index in [4.69, 9.17) is 23.2 Å². The number of aryl methyl sites for hydroxylation is 2. The van der Waals surface area contributed by atoms with Gasteiger partial charge in [0.25, 0.3) is 0 Å². The van der Waals surface area contributed by atoms with Crippen LogP contribution in [0.5, 0.6) is 0 Å². The second-order valence-corrected chi connectivity index (χ2v) is 5.31. The van der Waals surface area contributed by atoms with Crippen molar-refractivity contribution in [2.75, 3.05) is 6.54 Å². The molecule has 0 fully saturated rings. The van der Waals surface area contributed by atoms with Crippen molar-refractivity contribution < 1.29 is 5.11 Å². The molecule has 0 aliphatic heterocycles. The van der Waals surface area contributed by atoms with Gasteiger partial charge in [-0.2, -0.15) is 5.10 Å². The molecule has 20 heavy (non-hydrogen) atoms. The lowest BCUT2D eigenvalue weighted by molar-refractivity contribution is 0.165. The summed E-state index contributed by atoms with van der Waals surface area (Å²) in [6, 6.07) is 5.36. The Bertz CT molecular complexity index is 600. The van der Waals surface area contributed by atoms with Crippen LogP contribution in [0.25, 0.3) is 0 Å². The van der Waals surface area contributed by atoms with Crippen LogP contribution in [0.4, 0.5) is 0 Å². The van der Waals surface area contributed by atoms with Crippen molar-refractivity contribution in [1.29, 1.82) is 0 Å². The maximum atomic E-state index is 10.1. The van der Waals surface area contributed by atoms with E-state index in [1.165, 1.54) is 0 Å². The van der Waals surface area contributed by atoms with Gasteiger partial charge in [0.15, 0.2) is 0 Å². The molecule has 1 atom stereocenters. The first-order valence-electron chi connectivity index (χ1n) is 6.17. The number of halogens is 2. The number of aliphatic hydroxyl groups is 1. The Morgan fingerprint density at radius 2 is 2.15 bits per heavy atom. The molecule has 0 amide bonds. The fourth-order valence-electron chi connectivity index (χ4n) is 1.96. The molecule has 2 aromatic rings. The zero-order valence-corrected chi connectivity index (χ0v) is 12.8. The minimum Gasteiger partial charge on any atom is -0.385 e. The molecule has 0 aliphatic rings. The number of rotatable bonds is 5. The standard InChI is InChI=1S/C13H16Cl2N4O/c1-8-5-10(19(2)18-8)11(20)7-16-6-9-3-4-12(14)17-13(9)15/h3-5,11,16,20H,6-7H2,1-2H3. The van der Waals surface area contributed by atoms with E-state index in [9.17, 15) is 5.11 Å². The van der Waals surface area contributed by atoms with Gasteiger partial charge in [0.2, 0.25) is 0 Å². The Hall–Kier alpha value is -1.14. The van der Waals surface area contributed by atoms with Gasteiger partial charge in [-0.3, -0.25) is 4.68 Å². The monoisotopic (exact) mass is 314 g/mol. The van der Waals surface area contributed by atoms with Gasteiger partial charge in [-0.1, -0.05) is 29.3 Å². The summed E-state index contributed by atoms with van der Waals surface area (Å²) in [7, 11) is 1.81. The third kappa shape index (κ3) is 3.70. The van der Waals surface area contributed by atoms with Gasteiger partial charge < -0.3 is 10.4 Å². The highest BCUT2D eigenvalue weighted by Gasteiger charge is 2.13. The first kappa shape index (κ1) is 15.3. The van der Waals surface area contributed by atoms with Crippen molar-refractivity contribution in [3.63, 3.8) is 0 Å². The van der Waals surface area contributed by atoms with Crippen LogP contribution in [0, 0.1) is 6.92 Å². The van der Waals surface area contributed by atoms with Crippen molar-refractivity contribution >= 4 is 23.2 Å². The maximum absolute atomic E-state index is 10.1. The van der Waals surface area contributed by atoms with Gasteiger partial charge >= 0.3 is 0 Å². The largest absolute Gasteiger partial charge is 0.385 e. The van der Waals surface area contributed by atoms with E-state index in [1.807, 2.05) is 26.1 Å². The molecule has 5 nitrogen and oxygen atoms in total. The zero-order valence-electron chi connectivity index (χ0n) is 11.3. The SMILES string of the molecule is Cc1cc(C(O)CNCc2ccc(Cl)nc2Cl)n(C)n1. The number of hydrogen-bond acceptors (Lipinski definition) is 4. The summed E-state index contributed by atoms with van der Waals surface area (Å²) < 4.78 is 1.68. The summed E-state index contributed by atoms with van der Waals surface area (Å²) in [5.41, 5.74) is 2.49. The molecule has 0 bridgehead atoms. The molecule has 108 valence electrons. The zero-order chi connectivity index (χ0) is 14.7. The highest BCUT2D eigenvalue weighted by atomic mass is 35.5. The van der Waals surface area contributed by atoms with E-state index in [2.05, 4.69) is 15.4 Å². The van der Waals surface area contributed by atoms with Gasteiger partial charge in [-0.25, -0.2) is 4.98 Å². The number of hydrogen-bond donors (Lipinski definition) is 2. The molecular weight excluding hydrogens is 299 g/mol. The fourth-order valence-corrected chi connectivity index (χ4v) is 2.38. The highest BCUT2D eigenvalue weighted by molar-refractivity contribution is 6.32. The molecule has 0 aromatic carbocycles. The fraction of sp³-hybridized carbons (Fsp3) is 0.385. The van der Waals surface area contributed by atoms with E-state index in [1.54, 1.807) is 10.7 Å². The van der Waals surface area contributed by atoms with E-state index in [-0.39, 0.29) is 0 Å². The average molecular weight is 315 g/mol. The van der Waals surface area contributed by atoms with Crippen LogP contribution in [0.2, 0.25) is 10.3 Å². The highest BCUT2D eigenvalue weighted by Crippen LogP contribution is 2.17. The van der Waals surface area contributed by atoms with Gasteiger partial charge in [-0.15, -0.1) is 0 Å². The number of nitrogens with one attached hydrogen (secondary N) is 1. The first-order chi connectivity index (χ1) is 9.47. The minimum atomic E-state index is -0.625. The Morgan fingerprint density at radius 1 is 1.40 bits per heavy atom. The summed E-state index contributed by atoms with van der Waals surface area (Å²) in [5.74, 6) is 0. The smallest absolute Gasteiger partial charge is 0.135 e. The molecular formula is C13H16Cl2N4O. The van der Waals surface area contributed by atoms with Crippen molar-refractivity contribution in [1.82, 2.24) is 20.1 Å². The molecule has 7 heteroatoms. The lowest BCUT2D eigenvalue weighted by Gasteiger charge is -2.12. The lowest BCUT2D eigenvalue weighted by atomic mass is 10.2. The Kier molecular flexibility index (Phi) is 4.99. The summed E-state index contributed by atoms with van der Waals surface area (Å²) in [6.45, 7) is 2.80. The summed E-state index contributed by atoms with van der Waals surface area (Å²) in [5, 5.41) is 18.2. The summed E-state index contributed by atoms with van der Waals surface area (Å²) >= 11 is 11.7. The number of pyridine rings is 1. The van der Waals surface area contributed by atoms with Crippen LogP contribution in [-0.2, 0) is 13.6 Å². The second kappa shape index (κ2) is 6.54. The van der Waals surface area contributed by atoms with Crippen LogP contribution in [-0.4, -0.2) is 26.4 Å². The van der Waals surface area contributed by atoms with Crippen LogP contribution in [0.1, 0.15) is 23.1 Å². The number of nitrogens with zero attached hydrogens (tertiary/aromatic N) is 3. The molecule has 0 saturated heterocycles. The Morgan fingerprint density at radius 3 is 2.75 bits per heavy atom. The number of aliphatic hydroxyl groups excluding tert-OH is 1. The molecule has 2 aromatic heterocycles. The molecule has 1 unspecified atom stereocenters. The topological polar surface area (TPSA) is 63.0 Å². The number of aromatic nitrogens is 3. The van der Waals surface area contributed by atoms with E-state index in [0.29, 0.717) is 23.4 Å². The average Bonchev–Trinajstić information content (AvgIpc) is 2.71. The first-order valence-corrected chi connectivity index (χ1v) is 6.93. The van der Waals surface area contributed by atoms with Gasteiger partial charge in [0.1, 0.15) is 16.4 Å². The second-order valence-electron chi connectivity index (χ2n) is 4.56. The Labute approximate surface area is 127 Å². The van der Waals surface area contributed by atoms with E-state index >= 15 is 0 Å². The van der Waals surface area contributed by atoms with Gasteiger partial charge in [0.05, 0.1) is 11.4 Å².